The van der Waals surface area contributed by atoms with Gasteiger partial charge in [-0.05, 0) is 48.0 Å². The Hall–Kier alpha value is -1.39. The predicted molar refractivity (Wildman–Crippen MR) is 89.7 cm³/mol. The van der Waals surface area contributed by atoms with E-state index in [2.05, 4.69) is 74.0 Å². The van der Waals surface area contributed by atoms with Crippen molar-refractivity contribution in [2.75, 3.05) is 21.1 Å². The largest absolute Gasteiger partial charge is 0.315 e. The van der Waals surface area contributed by atoms with Crippen LogP contribution in [0.15, 0.2) is 24.3 Å². The van der Waals surface area contributed by atoms with Crippen molar-refractivity contribution in [3.63, 3.8) is 0 Å². The fraction of sp³-hybridized carbons (Fsp3) is 0.588. The van der Waals surface area contributed by atoms with Crippen LogP contribution in [0.5, 0.6) is 0 Å². The van der Waals surface area contributed by atoms with Gasteiger partial charge in [-0.1, -0.05) is 18.2 Å². The van der Waals surface area contributed by atoms with Crippen molar-refractivity contribution >= 4 is 10.9 Å². The van der Waals surface area contributed by atoms with Crippen LogP contribution in [0.1, 0.15) is 26.5 Å². The van der Waals surface area contributed by atoms with E-state index >= 15 is 0 Å². The normalized spacial score (nSPS) is 14.0. The van der Waals surface area contributed by atoms with Crippen molar-refractivity contribution in [2.45, 2.75) is 45.3 Å². The molecule has 0 aliphatic carbocycles. The Labute approximate surface area is 128 Å². The molecular weight excluding hydrogens is 260 g/mol. The maximum Gasteiger partial charge on any atom is 0.0719 e. The van der Waals surface area contributed by atoms with E-state index in [0.717, 1.165) is 13.0 Å². The van der Waals surface area contributed by atoms with Crippen LogP contribution in [0, 0.1) is 0 Å². The highest BCUT2D eigenvalue weighted by atomic mass is 15.3. The Morgan fingerprint density at radius 1 is 1.29 bits per heavy atom. The van der Waals surface area contributed by atoms with Gasteiger partial charge in [0.25, 0.3) is 0 Å². The lowest BCUT2D eigenvalue weighted by Crippen LogP contribution is -2.55. The van der Waals surface area contributed by atoms with Gasteiger partial charge in [0, 0.05) is 29.9 Å². The number of aromatic nitrogens is 2. The molecule has 2 aromatic rings. The summed E-state index contributed by atoms with van der Waals surface area (Å²) < 4.78 is 2.10. The Morgan fingerprint density at radius 2 is 1.95 bits per heavy atom. The molecule has 0 aliphatic rings. The standard InChI is InChI=1S/C17H28N4/c1-7-21-15-11-9-8-10-13(15)14(19-21)12-16(18-4)17(2,3)20(5)6/h8-11,16,18H,7,12H2,1-6H3. The van der Waals surface area contributed by atoms with E-state index in [1.165, 1.54) is 16.6 Å². The topological polar surface area (TPSA) is 33.1 Å². The summed E-state index contributed by atoms with van der Waals surface area (Å²) in [4.78, 5) is 2.27. The van der Waals surface area contributed by atoms with Crippen LogP contribution in [-0.2, 0) is 13.0 Å². The van der Waals surface area contributed by atoms with Gasteiger partial charge in [-0.25, -0.2) is 0 Å². The van der Waals surface area contributed by atoms with Crippen molar-refractivity contribution in [1.29, 1.82) is 0 Å². The van der Waals surface area contributed by atoms with E-state index in [4.69, 9.17) is 5.10 Å². The molecule has 0 spiro atoms. The summed E-state index contributed by atoms with van der Waals surface area (Å²) in [7, 11) is 6.30. The number of benzene rings is 1. The number of likely N-dealkylation sites (N-methyl/N-ethyl adjacent to an activating group) is 2. The first kappa shape index (κ1) is 16.0. The van der Waals surface area contributed by atoms with Gasteiger partial charge >= 0.3 is 0 Å². The summed E-state index contributed by atoms with van der Waals surface area (Å²) in [5.41, 5.74) is 2.47. The fourth-order valence-corrected chi connectivity index (χ4v) is 2.80. The Morgan fingerprint density at radius 3 is 2.52 bits per heavy atom. The van der Waals surface area contributed by atoms with Gasteiger partial charge in [0.15, 0.2) is 0 Å². The molecule has 2 rings (SSSR count). The van der Waals surface area contributed by atoms with Crippen LogP contribution >= 0.6 is 0 Å². The second-order valence-corrected chi connectivity index (χ2v) is 6.37. The van der Waals surface area contributed by atoms with Crippen LogP contribution in [0.4, 0.5) is 0 Å². The summed E-state index contributed by atoms with van der Waals surface area (Å²) in [5, 5.41) is 9.57. The summed E-state index contributed by atoms with van der Waals surface area (Å²) in [6.07, 6.45) is 0.926. The van der Waals surface area contributed by atoms with Crippen LogP contribution in [0.25, 0.3) is 10.9 Å². The number of fused-ring (bicyclic) bond motifs is 1. The van der Waals surface area contributed by atoms with Gasteiger partial charge in [-0.2, -0.15) is 5.10 Å². The maximum atomic E-state index is 4.83. The third-order valence-corrected chi connectivity index (χ3v) is 4.79. The Kier molecular flexibility index (Phi) is 4.69. The molecule has 1 aromatic heterocycles. The van der Waals surface area contributed by atoms with E-state index < -0.39 is 0 Å². The van der Waals surface area contributed by atoms with Crippen LogP contribution in [0.3, 0.4) is 0 Å². The number of hydrogen-bond donors (Lipinski definition) is 1. The third-order valence-electron chi connectivity index (χ3n) is 4.79. The first-order valence-electron chi connectivity index (χ1n) is 7.71. The second kappa shape index (κ2) is 6.16. The zero-order valence-electron chi connectivity index (χ0n) is 14.1. The second-order valence-electron chi connectivity index (χ2n) is 6.37. The van der Waals surface area contributed by atoms with Crippen molar-refractivity contribution in [1.82, 2.24) is 20.0 Å². The lowest BCUT2D eigenvalue weighted by molar-refractivity contribution is 0.141. The lowest BCUT2D eigenvalue weighted by Gasteiger charge is -2.40. The average molecular weight is 288 g/mol. The van der Waals surface area contributed by atoms with Crippen molar-refractivity contribution in [2.24, 2.45) is 0 Å². The molecule has 0 amide bonds. The van der Waals surface area contributed by atoms with Crippen LogP contribution in [-0.4, -0.2) is 47.4 Å². The van der Waals surface area contributed by atoms with Crippen LogP contribution in [0.2, 0.25) is 0 Å². The molecule has 0 saturated heterocycles. The van der Waals surface area contributed by atoms with E-state index in [1.807, 2.05) is 7.05 Å². The summed E-state index contributed by atoms with van der Waals surface area (Å²) in [5.74, 6) is 0. The van der Waals surface area contributed by atoms with Crippen molar-refractivity contribution < 1.29 is 0 Å². The number of nitrogens with zero attached hydrogens (tertiary/aromatic N) is 3. The minimum Gasteiger partial charge on any atom is -0.315 e. The SMILES string of the molecule is CCn1nc(CC(NC)C(C)(C)N(C)C)c2ccccc21. The monoisotopic (exact) mass is 288 g/mol. The molecule has 0 bridgehead atoms. The van der Waals surface area contributed by atoms with Crippen molar-refractivity contribution in [3.05, 3.63) is 30.0 Å². The highest BCUT2D eigenvalue weighted by Gasteiger charge is 2.31. The predicted octanol–water partition coefficient (Wildman–Crippen LogP) is 2.53. The molecule has 1 unspecified atom stereocenters. The molecular formula is C17H28N4. The molecule has 21 heavy (non-hydrogen) atoms. The first-order valence-corrected chi connectivity index (χ1v) is 7.71. The number of nitrogens with one attached hydrogen (secondary N) is 1. The van der Waals surface area contributed by atoms with E-state index in [0.29, 0.717) is 6.04 Å². The van der Waals surface area contributed by atoms with Gasteiger partial charge < -0.3 is 10.2 Å². The zero-order valence-corrected chi connectivity index (χ0v) is 14.1. The van der Waals surface area contributed by atoms with Gasteiger partial charge in [-0.3, -0.25) is 4.68 Å². The lowest BCUT2D eigenvalue weighted by atomic mass is 9.89. The van der Waals surface area contributed by atoms with Gasteiger partial charge in [0.2, 0.25) is 0 Å². The summed E-state index contributed by atoms with van der Waals surface area (Å²) in [6, 6.07) is 8.86. The third kappa shape index (κ3) is 2.97. The van der Waals surface area contributed by atoms with Gasteiger partial charge in [0.1, 0.15) is 0 Å². The molecule has 0 aliphatic heterocycles. The zero-order chi connectivity index (χ0) is 15.6. The van der Waals surface area contributed by atoms with Crippen LogP contribution < -0.4 is 5.32 Å². The number of aryl methyl sites for hydroxylation is 1. The number of para-hydroxylation sites is 1. The smallest absolute Gasteiger partial charge is 0.0719 e. The average Bonchev–Trinajstić information content (AvgIpc) is 2.82. The highest BCUT2D eigenvalue weighted by molar-refractivity contribution is 5.82. The Bertz CT molecular complexity index is 598. The molecule has 1 aromatic carbocycles. The quantitative estimate of drug-likeness (QED) is 0.886. The van der Waals surface area contributed by atoms with Gasteiger partial charge in [-0.15, -0.1) is 0 Å². The van der Waals surface area contributed by atoms with E-state index in [9.17, 15) is 0 Å². The minimum atomic E-state index is 0.0614. The van der Waals surface area contributed by atoms with E-state index in [-0.39, 0.29) is 5.54 Å². The molecule has 0 radical (unpaired) electrons. The minimum absolute atomic E-state index is 0.0614. The molecule has 1 atom stereocenters. The maximum absolute atomic E-state index is 4.83. The first-order chi connectivity index (χ1) is 9.91. The molecule has 0 saturated carbocycles. The molecule has 1 heterocycles. The number of rotatable bonds is 6. The summed E-state index contributed by atoms with van der Waals surface area (Å²) in [6.45, 7) is 7.59. The summed E-state index contributed by atoms with van der Waals surface area (Å²) >= 11 is 0. The molecule has 116 valence electrons. The Balaban J connectivity index is 2.38. The molecule has 1 N–H and O–H groups in total. The fourth-order valence-electron chi connectivity index (χ4n) is 2.80. The highest BCUT2D eigenvalue weighted by Crippen LogP contribution is 2.24. The molecule has 0 fully saturated rings. The molecule has 4 heteroatoms. The van der Waals surface area contributed by atoms with E-state index in [1.54, 1.807) is 0 Å². The molecule has 4 nitrogen and oxygen atoms in total. The number of hydrogen-bond acceptors (Lipinski definition) is 3. The van der Waals surface area contributed by atoms with Gasteiger partial charge in [0.05, 0.1) is 11.2 Å². The van der Waals surface area contributed by atoms with Crippen molar-refractivity contribution in [3.8, 4) is 0 Å².